The van der Waals surface area contributed by atoms with E-state index in [2.05, 4.69) is 0 Å². The molecule has 0 aromatic heterocycles. The van der Waals surface area contributed by atoms with Gasteiger partial charge in [0.2, 0.25) is 0 Å². The molecule has 4 heteroatoms. The van der Waals surface area contributed by atoms with Crippen LogP contribution in [-0.4, -0.2) is 18.5 Å². The zero-order valence-corrected chi connectivity index (χ0v) is 8.80. The van der Waals surface area contributed by atoms with Gasteiger partial charge in [-0.2, -0.15) is 0 Å². The van der Waals surface area contributed by atoms with Gasteiger partial charge >= 0.3 is 0 Å². The predicted octanol–water partition coefficient (Wildman–Crippen LogP) is 2.57. The maximum atomic E-state index is 13.3. The van der Waals surface area contributed by atoms with Crippen LogP contribution < -0.4 is 0 Å². The first-order valence-corrected chi connectivity index (χ1v) is 4.43. The average molecular weight is 214 g/mol. The highest BCUT2D eigenvalue weighted by Crippen LogP contribution is 2.19. The van der Waals surface area contributed by atoms with Crippen LogP contribution in [0.15, 0.2) is 18.2 Å². The lowest BCUT2D eigenvalue weighted by molar-refractivity contribution is 0.0224. The highest BCUT2D eigenvalue weighted by atomic mass is 19.1. The fraction of sp³-hybridized carbons (Fsp3) is 0.364. The van der Waals surface area contributed by atoms with Gasteiger partial charge in [-0.05, 0) is 26.0 Å². The molecule has 0 aliphatic heterocycles. The predicted molar refractivity (Wildman–Crippen MR) is 51.8 cm³/mol. The van der Waals surface area contributed by atoms with Crippen LogP contribution in [0.3, 0.4) is 0 Å². The van der Waals surface area contributed by atoms with Gasteiger partial charge in [-0.25, -0.2) is 8.78 Å². The Morgan fingerprint density at radius 1 is 1.33 bits per heavy atom. The molecule has 1 aromatic carbocycles. The summed E-state index contributed by atoms with van der Waals surface area (Å²) in [6.07, 6.45) is 0. The summed E-state index contributed by atoms with van der Waals surface area (Å²) < 4.78 is 30.8. The van der Waals surface area contributed by atoms with Crippen molar-refractivity contribution in [2.24, 2.45) is 0 Å². The topological polar surface area (TPSA) is 26.3 Å². The maximum Gasteiger partial charge on any atom is 0.196 e. The summed E-state index contributed by atoms with van der Waals surface area (Å²) in [6.45, 7) is 3.05. The quantitative estimate of drug-likeness (QED) is 0.723. The van der Waals surface area contributed by atoms with E-state index >= 15 is 0 Å². The molecular formula is C11H12F2O2. The van der Waals surface area contributed by atoms with Gasteiger partial charge in [0.15, 0.2) is 5.78 Å². The molecule has 0 heterocycles. The molecule has 0 saturated heterocycles. The SMILES string of the molecule is COC(C)(C)C(=O)c1ccc(F)cc1F. The molecule has 0 aliphatic carbocycles. The minimum Gasteiger partial charge on any atom is -0.371 e. The van der Waals surface area contributed by atoms with Crippen LogP contribution in [0.1, 0.15) is 24.2 Å². The van der Waals surface area contributed by atoms with Gasteiger partial charge in [0.05, 0.1) is 5.56 Å². The van der Waals surface area contributed by atoms with E-state index in [-0.39, 0.29) is 5.56 Å². The fourth-order valence-electron chi connectivity index (χ4n) is 1.09. The number of halogens is 2. The number of carbonyl (C=O) groups excluding carboxylic acids is 1. The molecule has 1 rings (SSSR count). The first kappa shape index (κ1) is 11.8. The third kappa shape index (κ3) is 2.39. The molecule has 0 unspecified atom stereocenters. The second-order valence-electron chi connectivity index (χ2n) is 3.67. The Morgan fingerprint density at radius 3 is 2.40 bits per heavy atom. The second kappa shape index (κ2) is 4.06. The minimum absolute atomic E-state index is 0.164. The zero-order chi connectivity index (χ0) is 11.6. The number of methoxy groups -OCH3 is 1. The zero-order valence-electron chi connectivity index (χ0n) is 8.80. The summed E-state index contributed by atoms with van der Waals surface area (Å²) in [6, 6.07) is 2.84. The molecule has 0 saturated carbocycles. The molecule has 2 nitrogen and oxygen atoms in total. The summed E-state index contributed by atoms with van der Waals surface area (Å²) >= 11 is 0. The molecule has 82 valence electrons. The van der Waals surface area contributed by atoms with E-state index in [1.165, 1.54) is 21.0 Å². The standard InChI is InChI=1S/C11H12F2O2/c1-11(2,15-3)10(14)8-5-4-7(12)6-9(8)13/h4-6H,1-3H3. The Balaban J connectivity index is 3.12. The largest absolute Gasteiger partial charge is 0.371 e. The van der Waals surface area contributed by atoms with E-state index in [1.54, 1.807) is 0 Å². The van der Waals surface area contributed by atoms with Crippen LogP contribution in [0, 0.1) is 11.6 Å². The minimum atomic E-state index is -1.11. The van der Waals surface area contributed by atoms with Crippen molar-refractivity contribution >= 4 is 5.78 Å². The smallest absolute Gasteiger partial charge is 0.196 e. The van der Waals surface area contributed by atoms with Gasteiger partial charge < -0.3 is 4.74 Å². The summed E-state index contributed by atoms with van der Waals surface area (Å²) in [4.78, 5) is 11.7. The highest BCUT2D eigenvalue weighted by molar-refractivity contribution is 6.02. The second-order valence-corrected chi connectivity index (χ2v) is 3.67. The van der Waals surface area contributed by atoms with Crippen molar-refractivity contribution in [2.45, 2.75) is 19.4 Å². The van der Waals surface area contributed by atoms with Gasteiger partial charge in [-0.15, -0.1) is 0 Å². The van der Waals surface area contributed by atoms with E-state index in [4.69, 9.17) is 4.74 Å². The lowest BCUT2D eigenvalue weighted by atomic mass is 9.96. The summed E-state index contributed by atoms with van der Waals surface area (Å²) in [5.74, 6) is -2.09. The van der Waals surface area contributed by atoms with Crippen LogP contribution in [0.4, 0.5) is 8.78 Å². The van der Waals surface area contributed by atoms with Crippen LogP contribution in [0.25, 0.3) is 0 Å². The number of rotatable bonds is 3. The summed E-state index contributed by atoms with van der Waals surface area (Å²) in [5.41, 5.74) is -1.28. The third-order valence-electron chi connectivity index (χ3n) is 2.23. The maximum absolute atomic E-state index is 13.3. The summed E-state index contributed by atoms with van der Waals surface area (Å²) in [5, 5.41) is 0. The molecule has 15 heavy (non-hydrogen) atoms. The van der Waals surface area contributed by atoms with E-state index in [1.807, 2.05) is 0 Å². The van der Waals surface area contributed by atoms with Crippen molar-refractivity contribution in [3.05, 3.63) is 35.4 Å². The number of benzene rings is 1. The van der Waals surface area contributed by atoms with E-state index in [9.17, 15) is 13.6 Å². The van der Waals surface area contributed by atoms with Gasteiger partial charge in [0.1, 0.15) is 17.2 Å². The molecule has 0 N–H and O–H groups in total. The Morgan fingerprint density at radius 2 is 1.93 bits per heavy atom. The van der Waals surface area contributed by atoms with Crippen molar-refractivity contribution in [3.63, 3.8) is 0 Å². The van der Waals surface area contributed by atoms with Crippen molar-refractivity contribution in [1.29, 1.82) is 0 Å². The third-order valence-corrected chi connectivity index (χ3v) is 2.23. The van der Waals surface area contributed by atoms with Crippen molar-refractivity contribution in [2.75, 3.05) is 7.11 Å². The first-order valence-electron chi connectivity index (χ1n) is 4.43. The van der Waals surface area contributed by atoms with Crippen LogP contribution in [0.5, 0.6) is 0 Å². The lowest BCUT2D eigenvalue weighted by Gasteiger charge is -2.21. The van der Waals surface area contributed by atoms with Crippen LogP contribution in [-0.2, 0) is 4.74 Å². The number of carbonyl (C=O) groups is 1. The van der Waals surface area contributed by atoms with Crippen LogP contribution >= 0.6 is 0 Å². The molecule has 0 radical (unpaired) electrons. The number of ether oxygens (including phenoxy) is 1. The number of Topliss-reactive ketones (excluding diaryl/α,β-unsaturated/α-hetero) is 1. The Hall–Kier alpha value is -1.29. The number of hydrogen-bond acceptors (Lipinski definition) is 2. The number of ketones is 1. The molecular weight excluding hydrogens is 202 g/mol. The van der Waals surface area contributed by atoms with E-state index in [0.717, 1.165) is 12.1 Å². The molecule has 1 aromatic rings. The van der Waals surface area contributed by atoms with Gasteiger partial charge in [0, 0.05) is 13.2 Å². The Labute approximate surface area is 86.9 Å². The van der Waals surface area contributed by atoms with E-state index in [0.29, 0.717) is 6.07 Å². The average Bonchev–Trinajstić information content (AvgIpc) is 2.17. The van der Waals surface area contributed by atoms with Crippen molar-refractivity contribution < 1.29 is 18.3 Å². The molecule has 0 aliphatic rings. The van der Waals surface area contributed by atoms with Crippen molar-refractivity contribution in [3.8, 4) is 0 Å². The first-order chi connectivity index (χ1) is 6.88. The molecule has 0 amide bonds. The highest BCUT2D eigenvalue weighted by Gasteiger charge is 2.30. The fourth-order valence-corrected chi connectivity index (χ4v) is 1.09. The van der Waals surface area contributed by atoms with Crippen LogP contribution in [0.2, 0.25) is 0 Å². The molecule has 0 fully saturated rings. The Bertz CT molecular complexity index is 386. The molecule has 0 spiro atoms. The Kier molecular flexibility index (Phi) is 3.19. The van der Waals surface area contributed by atoms with Gasteiger partial charge in [-0.1, -0.05) is 0 Å². The summed E-state index contributed by atoms with van der Waals surface area (Å²) in [7, 11) is 1.36. The van der Waals surface area contributed by atoms with Gasteiger partial charge in [0.25, 0.3) is 0 Å². The number of hydrogen-bond donors (Lipinski definition) is 0. The van der Waals surface area contributed by atoms with Gasteiger partial charge in [-0.3, -0.25) is 4.79 Å². The molecule has 0 atom stereocenters. The van der Waals surface area contributed by atoms with E-state index < -0.39 is 23.0 Å². The normalized spacial score (nSPS) is 11.5. The monoisotopic (exact) mass is 214 g/mol. The lowest BCUT2D eigenvalue weighted by Crippen LogP contribution is -2.34. The molecule has 0 bridgehead atoms. The van der Waals surface area contributed by atoms with Crippen molar-refractivity contribution in [1.82, 2.24) is 0 Å².